The molecule has 1 aromatic heterocycles. The summed E-state index contributed by atoms with van der Waals surface area (Å²) in [6.07, 6.45) is -2.18. The summed E-state index contributed by atoms with van der Waals surface area (Å²) >= 11 is 1.48. The number of aryl methyl sites for hydroxylation is 1. The van der Waals surface area contributed by atoms with Crippen molar-refractivity contribution in [2.24, 2.45) is 0 Å². The maximum atomic E-state index is 12.9. The number of hydrogen-bond acceptors (Lipinski definition) is 3. The Balaban J connectivity index is 2.35. The maximum Gasteiger partial charge on any atom is 0.416 e. The van der Waals surface area contributed by atoms with Crippen molar-refractivity contribution in [1.82, 2.24) is 0 Å². The third-order valence-electron chi connectivity index (χ3n) is 3.69. The van der Waals surface area contributed by atoms with E-state index >= 15 is 0 Å². The number of carbonyl (C=O) groups is 1. The molecule has 0 aliphatic heterocycles. The molecular weight excluding hydrogens is 349 g/mol. The van der Waals surface area contributed by atoms with Gasteiger partial charge in [-0.25, -0.2) is 0 Å². The molecule has 1 N–H and O–H groups in total. The number of rotatable bonds is 5. The van der Waals surface area contributed by atoms with E-state index in [2.05, 4.69) is 5.32 Å². The van der Waals surface area contributed by atoms with Gasteiger partial charge in [-0.15, -0.1) is 11.3 Å². The monoisotopic (exact) mass is 366 g/mol. The van der Waals surface area contributed by atoms with Crippen molar-refractivity contribution >= 4 is 22.9 Å². The van der Waals surface area contributed by atoms with Crippen molar-refractivity contribution in [3.63, 3.8) is 0 Å². The van der Waals surface area contributed by atoms with Gasteiger partial charge in [0.25, 0.3) is 5.91 Å². The summed E-state index contributed by atoms with van der Waals surface area (Å²) in [6.45, 7) is 4.00. The molecule has 132 valence electrons. The molecule has 25 heavy (non-hydrogen) atoms. The number of thiophene rings is 1. The topological polar surface area (TPSA) is 52.9 Å². The van der Waals surface area contributed by atoms with Crippen LogP contribution in [-0.2, 0) is 19.0 Å². The number of amides is 1. The van der Waals surface area contributed by atoms with E-state index in [1.165, 1.54) is 17.4 Å². The number of nitrogens with zero attached hydrogens (tertiary/aromatic N) is 1. The number of hydrogen-bond donors (Lipinski definition) is 1. The minimum absolute atomic E-state index is 0.0388. The molecule has 2 rings (SSSR count). The molecular formula is C18H17F3N2OS. The van der Waals surface area contributed by atoms with Gasteiger partial charge in [0.2, 0.25) is 0 Å². The molecule has 1 amide bonds. The molecule has 0 fully saturated rings. The largest absolute Gasteiger partial charge is 0.416 e. The highest BCUT2D eigenvalue weighted by atomic mass is 32.1. The van der Waals surface area contributed by atoms with E-state index < -0.39 is 17.6 Å². The van der Waals surface area contributed by atoms with E-state index in [1.54, 1.807) is 11.4 Å². The van der Waals surface area contributed by atoms with Gasteiger partial charge in [-0.05, 0) is 36.6 Å². The lowest BCUT2D eigenvalue weighted by molar-refractivity contribution is -0.137. The number of alkyl halides is 3. The van der Waals surface area contributed by atoms with Crippen molar-refractivity contribution in [3.05, 3.63) is 50.7 Å². The summed E-state index contributed by atoms with van der Waals surface area (Å²) in [4.78, 5) is 13.6. The summed E-state index contributed by atoms with van der Waals surface area (Å²) in [6, 6.07) is 4.52. The molecule has 2 aromatic rings. The first kappa shape index (κ1) is 19.0. The van der Waals surface area contributed by atoms with Gasteiger partial charge >= 0.3 is 6.18 Å². The van der Waals surface area contributed by atoms with E-state index in [0.29, 0.717) is 5.56 Å². The molecule has 7 heteroatoms. The second kappa shape index (κ2) is 7.70. The van der Waals surface area contributed by atoms with Gasteiger partial charge in [0.1, 0.15) is 0 Å². The summed E-state index contributed by atoms with van der Waals surface area (Å²) in [5.74, 6) is -0.456. The second-order valence-corrected chi connectivity index (χ2v) is 6.48. The molecule has 0 bridgehead atoms. The number of nitrogens with one attached hydrogen (secondary N) is 1. The molecule has 1 aromatic carbocycles. The lowest BCUT2D eigenvalue weighted by atomic mass is 10.0. The zero-order valence-electron chi connectivity index (χ0n) is 13.8. The van der Waals surface area contributed by atoms with Crippen LogP contribution in [0.15, 0.2) is 23.6 Å². The smallest absolute Gasteiger partial charge is 0.322 e. The number of halogens is 3. The minimum atomic E-state index is -4.59. The zero-order valence-corrected chi connectivity index (χ0v) is 14.6. The molecule has 0 saturated carbocycles. The number of anilines is 1. The van der Waals surface area contributed by atoms with Crippen LogP contribution in [0.3, 0.4) is 0 Å². The minimum Gasteiger partial charge on any atom is -0.322 e. The van der Waals surface area contributed by atoms with Gasteiger partial charge in [-0.2, -0.15) is 18.4 Å². The van der Waals surface area contributed by atoms with Crippen molar-refractivity contribution in [1.29, 1.82) is 5.26 Å². The van der Waals surface area contributed by atoms with E-state index in [-0.39, 0.29) is 11.3 Å². The summed E-state index contributed by atoms with van der Waals surface area (Å²) in [7, 11) is 0. The lowest BCUT2D eigenvalue weighted by Crippen LogP contribution is -2.15. The van der Waals surface area contributed by atoms with Crippen LogP contribution in [-0.4, -0.2) is 5.91 Å². The number of nitriles is 1. The molecule has 0 atom stereocenters. The average molecular weight is 366 g/mol. The van der Waals surface area contributed by atoms with E-state index in [0.717, 1.165) is 41.8 Å². The van der Waals surface area contributed by atoms with E-state index in [9.17, 15) is 18.0 Å². The Hall–Kier alpha value is -2.33. The first-order valence-electron chi connectivity index (χ1n) is 7.83. The standard InChI is InChI=1S/C18H17F3N2OS/c1-3-5-14-15(10-25-16(14)4-2)17(24)23-13-7-11(9-22)6-12(8-13)18(19,20)21/h6-8,10H,3-5H2,1-2H3,(H,23,24). The highest BCUT2D eigenvalue weighted by molar-refractivity contribution is 7.10. The maximum absolute atomic E-state index is 12.9. The van der Waals surface area contributed by atoms with Crippen LogP contribution in [0.2, 0.25) is 0 Å². The quantitative estimate of drug-likeness (QED) is 0.770. The fraction of sp³-hybridized carbons (Fsp3) is 0.333. The third-order valence-corrected chi connectivity index (χ3v) is 4.87. The van der Waals surface area contributed by atoms with Crippen molar-refractivity contribution in [2.45, 2.75) is 39.3 Å². The van der Waals surface area contributed by atoms with Gasteiger partial charge in [0, 0.05) is 15.9 Å². The number of benzene rings is 1. The Morgan fingerprint density at radius 1 is 1.28 bits per heavy atom. The first-order chi connectivity index (χ1) is 11.8. The van der Waals surface area contributed by atoms with Gasteiger partial charge in [-0.3, -0.25) is 4.79 Å². The molecule has 0 aliphatic rings. The summed E-state index contributed by atoms with van der Waals surface area (Å²) in [5, 5.41) is 13.2. The first-order valence-corrected chi connectivity index (χ1v) is 8.71. The zero-order chi connectivity index (χ0) is 18.6. The van der Waals surface area contributed by atoms with Crippen LogP contribution >= 0.6 is 11.3 Å². The molecule has 0 aliphatic carbocycles. The molecule has 0 radical (unpaired) electrons. The summed E-state index contributed by atoms with van der Waals surface area (Å²) < 4.78 is 38.8. The molecule has 0 unspecified atom stereocenters. The van der Waals surface area contributed by atoms with Crippen LogP contribution in [0.5, 0.6) is 0 Å². The van der Waals surface area contributed by atoms with Gasteiger partial charge in [0.15, 0.2) is 0 Å². The Morgan fingerprint density at radius 3 is 2.56 bits per heavy atom. The second-order valence-electron chi connectivity index (χ2n) is 5.52. The highest BCUT2D eigenvalue weighted by Crippen LogP contribution is 2.32. The van der Waals surface area contributed by atoms with Crippen molar-refractivity contribution < 1.29 is 18.0 Å². The van der Waals surface area contributed by atoms with E-state index in [4.69, 9.17) is 5.26 Å². The predicted molar refractivity (Wildman–Crippen MR) is 91.8 cm³/mol. The SMILES string of the molecule is CCCc1c(C(=O)Nc2cc(C#N)cc(C(F)(F)F)c2)csc1CC. The average Bonchev–Trinajstić information content (AvgIpc) is 2.97. The normalized spacial score (nSPS) is 11.2. The van der Waals surface area contributed by atoms with Gasteiger partial charge in [0.05, 0.1) is 22.8 Å². The van der Waals surface area contributed by atoms with Crippen LogP contribution in [0.25, 0.3) is 0 Å². The molecule has 0 spiro atoms. The Morgan fingerprint density at radius 2 is 2.00 bits per heavy atom. The molecule has 3 nitrogen and oxygen atoms in total. The Labute approximate surface area is 148 Å². The number of carbonyl (C=O) groups excluding carboxylic acids is 1. The fourth-order valence-electron chi connectivity index (χ4n) is 2.56. The van der Waals surface area contributed by atoms with Crippen LogP contribution in [0, 0.1) is 11.3 Å². The fourth-order valence-corrected chi connectivity index (χ4v) is 3.59. The lowest BCUT2D eigenvalue weighted by Gasteiger charge is -2.11. The van der Waals surface area contributed by atoms with Gasteiger partial charge < -0.3 is 5.32 Å². The Bertz CT molecular complexity index is 819. The van der Waals surface area contributed by atoms with Crippen molar-refractivity contribution in [2.75, 3.05) is 5.32 Å². The molecule has 0 saturated heterocycles. The Kier molecular flexibility index (Phi) is 5.85. The highest BCUT2D eigenvalue weighted by Gasteiger charge is 2.31. The van der Waals surface area contributed by atoms with Crippen LogP contribution < -0.4 is 5.32 Å². The summed E-state index contributed by atoms with van der Waals surface area (Å²) in [5.41, 5.74) is 0.274. The molecule has 1 heterocycles. The van der Waals surface area contributed by atoms with Crippen LogP contribution in [0.4, 0.5) is 18.9 Å². The van der Waals surface area contributed by atoms with E-state index in [1.807, 2.05) is 13.8 Å². The van der Waals surface area contributed by atoms with Gasteiger partial charge in [-0.1, -0.05) is 20.3 Å². The van der Waals surface area contributed by atoms with Crippen LogP contribution in [0.1, 0.15) is 52.2 Å². The predicted octanol–water partition coefficient (Wildman–Crippen LogP) is 5.41. The third kappa shape index (κ3) is 4.40. The van der Waals surface area contributed by atoms with Crippen molar-refractivity contribution in [3.8, 4) is 6.07 Å².